The number of carbonyl (C=O) groups is 1. The van der Waals surface area contributed by atoms with Crippen LogP contribution in [0.4, 0.5) is 0 Å². The third-order valence-electron chi connectivity index (χ3n) is 2.49. The number of rotatable bonds is 3. The van der Waals surface area contributed by atoms with Gasteiger partial charge in [-0.2, -0.15) is 0 Å². The Bertz CT molecular complexity index is 601. The number of nitrogens with zero attached hydrogens (tertiary/aromatic N) is 1. The normalized spacial score (nSPS) is 10.5. The van der Waals surface area contributed by atoms with Crippen molar-refractivity contribution in [3.63, 3.8) is 0 Å². The van der Waals surface area contributed by atoms with Crippen LogP contribution in [0.5, 0.6) is 0 Å². The van der Waals surface area contributed by atoms with Crippen LogP contribution in [-0.4, -0.2) is 9.81 Å². The van der Waals surface area contributed by atoms with Gasteiger partial charge < -0.3 is 4.57 Å². The van der Waals surface area contributed by atoms with Crippen LogP contribution in [0.15, 0.2) is 34.4 Å². The van der Waals surface area contributed by atoms with Gasteiger partial charge in [-0.3, -0.25) is 9.59 Å². The standard InChI is InChI=1S/C12H10ClNO2S/c1-14-9(10-3-2-6-17-10)5-4-8(12(14)16)7-11(13)15/h2-6H,7H2,1H3. The van der Waals surface area contributed by atoms with Crippen LogP contribution in [0.2, 0.25) is 0 Å². The van der Waals surface area contributed by atoms with Gasteiger partial charge in [0.25, 0.3) is 5.56 Å². The molecule has 0 N–H and O–H groups in total. The van der Waals surface area contributed by atoms with Crippen LogP contribution in [0, 0.1) is 0 Å². The minimum atomic E-state index is -0.522. The third kappa shape index (κ3) is 2.48. The number of carbonyl (C=O) groups excluding carboxylic acids is 1. The van der Waals surface area contributed by atoms with E-state index in [1.54, 1.807) is 29.0 Å². The molecule has 88 valence electrons. The predicted molar refractivity (Wildman–Crippen MR) is 69.6 cm³/mol. The molecule has 2 aromatic heterocycles. The van der Waals surface area contributed by atoms with E-state index in [-0.39, 0.29) is 12.0 Å². The van der Waals surface area contributed by atoms with Crippen molar-refractivity contribution in [2.45, 2.75) is 6.42 Å². The van der Waals surface area contributed by atoms with Crippen molar-refractivity contribution in [3.8, 4) is 10.6 Å². The fourth-order valence-corrected chi connectivity index (χ4v) is 2.57. The van der Waals surface area contributed by atoms with Crippen LogP contribution in [0.3, 0.4) is 0 Å². The Morgan fingerprint density at radius 2 is 2.18 bits per heavy atom. The Morgan fingerprint density at radius 1 is 1.41 bits per heavy atom. The first-order valence-corrected chi connectivity index (χ1v) is 6.26. The monoisotopic (exact) mass is 267 g/mol. The van der Waals surface area contributed by atoms with E-state index >= 15 is 0 Å². The fourth-order valence-electron chi connectivity index (χ4n) is 1.64. The van der Waals surface area contributed by atoms with Crippen molar-refractivity contribution in [1.82, 2.24) is 4.57 Å². The molecule has 0 saturated heterocycles. The summed E-state index contributed by atoms with van der Waals surface area (Å²) in [6, 6.07) is 7.38. The topological polar surface area (TPSA) is 39.1 Å². The highest BCUT2D eigenvalue weighted by Gasteiger charge is 2.10. The second-order valence-corrected chi connectivity index (χ2v) is 4.99. The first-order valence-electron chi connectivity index (χ1n) is 5.00. The van der Waals surface area contributed by atoms with Crippen LogP contribution in [0.1, 0.15) is 5.56 Å². The molecule has 0 saturated carbocycles. The molecule has 5 heteroatoms. The van der Waals surface area contributed by atoms with Gasteiger partial charge in [0.15, 0.2) is 0 Å². The van der Waals surface area contributed by atoms with Gasteiger partial charge in [-0.1, -0.05) is 12.1 Å². The highest BCUT2D eigenvalue weighted by molar-refractivity contribution is 7.13. The average Bonchev–Trinajstić information content (AvgIpc) is 2.78. The maximum Gasteiger partial charge on any atom is 0.254 e. The van der Waals surface area contributed by atoms with Crippen LogP contribution in [-0.2, 0) is 18.3 Å². The Balaban J connectivity index is 2.50. The summed E-state index contributed by atoms with van der Waals surface area (Å²) >= 11 is 6.86. The molecule has 0 aromatic carbocycles. The van der Waals surface area contributed by atoms with E-state index in [0.717, 1.165) is 10.6 Å². The molecule has 0 atom stereocenters. The third-order valence-corrected chi connectivity index (χ3v) is 3.51. The van der Waals surface area contributed by atoms with Crippen LogP contribution in [0.25, 0.3) is 10.6 Å². The van der Waals surface area contributed by atoms with Gasteiger partial charge >= 0.3 is 0 Å². The SMILES string of the molecule is Cn1c(-c2cccs2)ccc(CC(=O)Cl)c1=O. The summed E-state index contributed by atoms with van der Waals surface area (Å²) in [5.41, 5.74) is 1.09. The van der Waals surface area contributed by atoms with Gasteiger partial charge in [0.1, 0.15) is 0 Å². The number of halogens is 1. The van der Waals surface area contributed by atoms with Crippen molar-refractivity contribution in [1.29, 1.82) is 0 Å². The molecule has 0 aliphatic rings. The summed E-state index contributed by atoms with van der Waals surface area (Å²) in [6.45, 7) is 0. The van der Waals surface area contributed by atoms with Gasteiger partial charge in [-0.25, -0.2) is 0 Å². The molecule has 2 rings (SSSR count). The summed E-state index contributed by atoms with van der Waals surface area (Å²) in [5, 5.41) is 1.43. The van der Waals surface area contributed by atoms with Gasteiger partial charge in [-0.05, 0) is 29.1 Å². The molecule has 0 fully saturated rings. The zero-order valence-corrected chi connectivity index (χ0v) is 10.7. The maximum atomic E-state index is 12.0. The van der Waals surface area contributed by atoms with E-state index in [9.17, 15) is 9.59 Å². The lowest BCUT2D eigenvalue weighted by Crippen LogP contribution is -2.23. The van der Waals surface area contributed by atoms with Crippen molar-refractivity contribution >= 4 is 28.2 Å². The average molecular weight is 268 g/mol. The summed E-state index contributed by atoms with van der Waals surface area (Å²) in [5.74, 6) is 0. The molecule has 17 heavy (non-hydrogen) atoms. The molecule has 0 aliphatic carbocycles. The summed E-state index contributed by atoms with van der Waals surface area (Å²) in [4.78, 5) is 23.8. The van der Waals surface area contributed by atoms with Crippen LogP contribution < -0.4 is 5.56 Å². The Morgan fingerprint density at radius 3 is 2.76 bits per heavy atom. The lowest BCUT2D eigenvalue weighted by Gasteiger charge is -2.07. The van der Waals surface area contributed by atoms with E-state index in [4.69, 9.17) is 11.6 Å². The molecule has 3 nitrogen and oxygen atoms in total. The van der Waals surface area contributed by atoms with E-state index in [1.807, 2.05) is 23.6 Å². The predicted octanol–water partition coefficient (Wildman–Crippen LogP) is 2.42. The van der Waals surface area contributed by atoms with Gasteiger partial charge in [0, 0.05) is 12.6 Å². The minimum absolute atomic E-state index is 0.0288. The molecule has 0 amide bonds. The number of hydrogen-bond donors (Lipinski definition) is 0. The molecular weight excluding hydrogens is 258 g/mol. The van der Waals surface area contributed by atoms with Crippen molar-refractivity contribution < 1.29 is 4.79 Å². The van der Waals surface area contributed by atoms with Gasteiger partial charge in [0.2, 0.25) is 5.24 Å². The quantitative estimate of drug-likeness (QED) is 0.801. The first-order chi connectivity index (χ1) is 8.09. The van der Waals surface area contributed by atoms with Crippen molar-refractivity contribution in [2.24, 2.45) is 7.05 Å². The highest BCUT2D eigenvalue weighted by Crippen LogP contribution is 2.23. The Hall–Kier alpha value is -1.39. The van der Waals surface area contributed by atoms with E-state index in [0.29, 0.717) is 5.56 Å². The number of thiophene rings is 1. The Labute approximate surface area is 107 Å². The molecule has 2 heterocycles. The smallest absolute Gasteiger partial charge is 0.254 e. The lowest BCUT2D eigenvalue weighted by atomic mass is 10.2. The number of pyridine rings is 1. The van der Waals surface area contributed by atoms with Gasteiger partial charge in [-0.15, -0.1) is 11.3 Å². The second-order valence-electron chi connectivity index (χ2n) is 3.62. The van der Waals surface area contributed by atoms with E-state index in [2.05, 4.69) is 0 Å². The van der Waals surface area contributed by atoms with Crippen molar-refractivity contribution in [3.05, 3.63) is 45.6 Å². The molecule has 0 aliphatic heterocycles. The minimum Gasteiger partial charge on any atom is -0.310 e. The molecule has 0 bridgehead atoms. The summed E-state index contributed by atoms with van der Waals surface area (Å²) in [6.07, 6.45) is -0.0288. The zero-order chi connectivity index (χ0) is 12.4. The fraction of sp³-hybridized carbons (Fsp3) is 0.167. The van der Waals surface area contributed by atoms with Crippen molar-refractivity contribution in [2.75, 3.05) is 0 Å². The number of aromatic nitrogens is 1. The van der Waals surface area contributed by atoms with E-state index < -0.39 is 5.24 Å². The summed E-state index contributed by atoms with van der Waals surface area (Å²) < 4.78 is 1.54. The van der Waals surface area contributed by atoms with Gasteiger partial charge in [0.05, 0.1) is 17.0 Å². The second kappa shape index (κ2) is 4.85. The molecule has 0 unspecified atom stereocenters. The molecule has 0 spiro atoms. The van der Waals surface area contributed by atoms with E-state index in [1.165, 1.54) is 0 Å². The molecule has 0 radical (unpaired) electrons. The largest absolute Gasteiger partial charge is 0.310 e. The Kier molecular flexibility index (Phi) is 3.45. The first kappa shape index (κ1) is 12.1. The highest BCUT2D eigenvalue weighted by atomic mass is 35.5. The lowest BCUT2D eigenvalue weighted by molar-refractivity contribution is -0.111. The molecule has 2 aromatic rings. The zero-order valence-electron chi connectivity index (χ0n) is 9.14. The van der Waals surface area contributed by atoms with Crippen LogP contribution >= 0.6 is 22.9 Å². The summed E-state index contributed by atoms with van der Waals surface area (Å²) in [7, 11) is 1.69. The molecular formula is C12H10ClNO2S. The maximum absolute atomic E-state index is 12.0. The number of hydrogen-bond acceptors (Lipinski definition) is 3.